The predicted octanol–water partition coefficient (Wildman–Crippen LogP) is 1.15. The molecule has 0 heterocycles. The van der Waals surface area contributed by atoms with E-state index in [-0.39, 0.29) is 0 Å². The molecule has 4 nitrogen and oxygen atoms in total. The lowest BCUT2D eigenvalue weighted by molar-refractivity contribution is -0.149. The third kappa shape index (κ3) is 2.84. The van der Waals surface area contributed by atoms with Crippen molar-refractivity contribution in [2.45, 2.75) is 38.7 Å². The summed E-state index contributed by atoms with van der Waals surface area (Å²) >= 11 is 0. The summed E-state index contributed by atoms with van der Waals surface area (Å²) < 4.78 is 4.91. The minimum atomic E-state index is -0.844. The van der Waals surface area contributed by atoms with Crippen molar-refractivity contribution in [2.24, 2.45) is 17.6 Å². The zero-order chi connectivity index (χ0) is 11.7. The van der Waals surface area contributed by atoms with E-state index < -0.39 is 18.0 Å². The Labute approximate surface area is 94.8 Å². The lowest BCUT2D eigenvalue weighted by atomic mass is 10.1. The van der Waals surface area contributed by atoms with Crippen LogP contribution < -0.4 is 5.73 Å². The quantitative estimate of drug-likeness (QED) is 0.561. The fourth-order valence-corrected chi connectivity index (χ4v) is 1.80. The van der Waals surface area contributed by atoms with Gasteiger partial charge in [0.25, 0.3) is 5.91 Å². The van der Waals surface area contributed by atoms with Crippen LogP contribution in [-0.2, 0) is 14.3 Å². The van der Waals surface area contributed by atoms with Gasteiger partial charge in [-0.3, -0.25) is 4.79 Å². The van der Waals surface area contributed by atoms with E-state index in [2.05, 4.69) is 0 Å². The Hall–Kier alpha value is -1.32. The number of carbonyl (C=O) groups excluding carboxylic acids is 2. The number of nitrogens with two attached hydrogens (primary N) is 1. The zero-order valence-electron chi connectivity index (χ0n) is 9.44. The van der Waals surface area contributed by atoms with Gasteiger partial charge in [0.15, 0.2) is 6.10 Å². The number of carbonyl (C=O) groups is 2. The van der Waals surface area contributed by atoms with Crippen molar-refractivity contribution in [3.63, 3.8) is 0 Å². The predicted molar refractivity (Wildman–Crippen MR) is 58.3 cm³/mol. The first-order chi connectivity index (χ1) is 7.58. The first-order valence-corrected chi connectivity index (χ1v) is 5.79. The van der Waals surface area contributed by atoms with E-state index in [1.165, 1.54) is 38.2 Å². The molecule has 16 heavy (non-hydrogen) atoms. The number of primary amides is 1. The minimum absolute atomic E-state index is 0.430. The molecule has 2 saturated carbocycles. The number of amides is 1. The molecule has 0 saturated heterocycles. The van der Waals surface area contributed by atoms with Crippen molar-refractivity contribution in [3.8, 4) is 0 Å². The highest BCUT2D eigenvalue weighted by atomic mass is 16.5. The van der Waals surface area contributed by atoms with Crippen molar-refractivity contribution in [2.75, 3.05) is 0 Å². The van der Waals surface area contributed by atoms with Crippen LogP contribution >= 0.6 is 0 Å². The second-order valence-electron chi connectivity index (χ2n) is 4.67. The highest BCUT2D eigenvalue weighted by molar-refractivity contribution is 5.87. The number of ether oxygens (including phenoxy) is 1. The molecule has 1 atom stereocenters. The van der Waals surface area contributed by atoms with Crippen LogP contribution in [0.1, 0.15) is 32.6 Å². The van der Waals surface area contributed by atoms with Crippen LogP contribution in [0.4, 0.5) is 0 Å². The van der Waals surface area contributed by atoms with Crippen LogP contribution in [-0.4, -0.2) is 18.0 Å². The molecule has 0 unspecified atom stereocenters. The minimum Gasteiger partial charge on any atom is -0.449 e. The van der Waals surface area contributed by atoms with Gasteiger partial charge in [-0.2, -0.15) is 0 Å². The highest BCUT2D eigenvalue weighted by Gasteiger charge is 2.36. The van der Waals surface area contributed by atoms with Gasteiger partial charge in [-0.05, 0) is 44.4 Å². The number of allylic oxidation sites excluding steroid dienone is 1. The molecular weight excluding hydrogens is 206 g/mol. The molecule has 2 aliphatic rings. The van der Waals surface area contributed by atoms with E-state index in [4.69, 9.17) is 10.5 Å². The van der Waals surface area contributed by atoms with Crippen LogP contribution in [0.15, 0.2) is 11.6 Å². The molecule has 0 spiro atoms. The number of rotatable bonds is 5. The number of hydrogen-bond donors (Lipinski definition) is 1. The van der Waals surface area contributed by atoms with Crippen LogP contribution in [0, 0.1) is 11.8 Å². The Morgan fingerprint density at radius 1 is 1.25 bits per heavy atom. The van der Waals surface area contributed by atoms with Gasteiger partial charge in [-0.25, -0.2) is 4.79 Å². The lowest BCUT2D eigenvalue weighted by Crippen LogP contribution is -2.30. The third-order valence-electron chi connectivity index (χ3n) is 3.08. The van der Waals surface area contributed by atoms with E-state index in [9.17, 15) is 9.59 Å². The summed E-state index contributed by atoms with van der Waals surface area (Å²) in [7, 11) is 0. The van der Waals surface area contributed by atoms with E-state index in [1.807, 2.05) is 0 Å². The molecule has 2 aliphatic carbocycles. The highest BCUT2D eigenvalue weighted by Crippen LogP contribution is 2.48. The van der Waals surface area contributed by atoms with Crippen LogP contribution in [0.2, 0.25) is 0 Å². The standard InChI is InChI=1S/C12H17NO3/c1-7(12(13)15)16-11(14)6-10(8-2-3-8)9-4-5-9/h6-9H,2-5H2,1H3,(H2,13,15)/t7-/m0/s1. The normalized spacial score (nSPS) is 21.1. The SMILES string of the molecule is C[C@H](OC(=O)C=C(C1CC1)C1CC1)C(N)=O. The molecule has 1 amide bonds. The summed E-state index contributed by atoms with van der Waals surface area (Å²) in [5.41, 5.74) is 6.25. The molecule has 4 heteroatoms. The lowest BCUT2D eigenvalue weighted by Gasteiger charge is -2.08. The van der Waals surface area contributed by atoms with Gasteiger partial charge >= 0.3 is 5.97 Å². The topological polar surface area (TPSA) is 69.4 Å². The average molecular weight is 223 g/mol. The van der Waals surface area contributed by atoms with Gasteiger partial charge in [-0.15, -0.1) is 0 Å². The van der Waals surface area contributed by atoms with Crippen LogP contribution in [0.25, 0.3) is 0 Å². The van der Waals surface area contributed by atoms with Crippen LogP contribution in [0.5, 0.6) is 0 Å². The Morgan fingerprint density at radius 3 is 2.12 bits per heavy atom. The summed E-state index contributed by atoms with van der Waals surface area (Å²) in [6.07, 6.45) is 5.46. The average Bonchev–Trinajstić information content (AvgIpc) is 3.05. The van der Waals surface area contributed by atoms with Crippen molar-refractivity contribution in [1.82, 2.24) is 0 Å². The summed E-state index contributed by atoms with van der Waals surface area (Å²) in [5, 5.41) is 0. The van der Waals surface area contributed by atoms with E-state index >= 15 is 0 Å². The maximum absolute atomic E-state index is 11.5. The molecule has 0 aromatic heterocycles. The first-order valence-electron chi connectivity index (χ1n) is 5.79. The smallest absolute Gasteiger partial charge is 0.331 e. The maximum atomic E-state index is 11.5. The fourth-order valence-electron chi connectivity index (χ4n) is 1.80. The molecule has 0 radical (unpaired) electrons. The number of esters is 1. The molecule has 88 valence electrons. The second kappa shape index (κ2) is 4.28. The van der Waals surface area contributed by atoms with Gasteiger partial charge in [0, 0.05) is 6.08 Å². The summed E-state index contributed by atoms with van der Waals surface area (Å²) in [6, 6.07) is 0. The summed E-state index contributed by atoms with van der Waals surface area (Å²) in [6.45, 7) is 1.49. The van der Waals surface area contributed by atoms with Gasteiger partial charge in [-0.1, -0.05) is 5.57 Å². The van der Waals surface area contributed by atoms with E-state index in [1.54, 1.807) is 6.08 Å². The molecular formula is C12H17NO3. The largest absolute Gasteiger partial charge is 0.449 e. The zero-order valence-corrected chi connectivity index (χ0v) is 9.44. The molecule has 0 aromatic carbocycles. The van der Waals surface area contributed by atoms with Gasteiger partial charge in [0.2, 0.25) is 0 Å². The van der Waals surface area contributed by atoms with Crippen molar-refractivity contribution in [3.05, 3.63) is 11.6 Å². The molecule has 0 bridgehead atoms. The molecule has 0 aromatic rings. The van der Waals surface area contributed by atoms with E-state index in [0.717, 1.165) is 0 Å². The van der Waals surface area contributed by atoms with Crippen molar-refractivity contribution in [1.29, 1.82) is 0 Å². The third-order valence-corrected chi connectivity index (χ3v) is 3.08. The van der Waals surface area contributed by atoms with Gasteiger partial charge in [0.1, 0.15) is 0 Å². The Balaban J connectivity index is 1.93. The van der Waals surface area contributed by atoms with E-state index in [0.29, 0.717) is 11.8 Å². The van der Waals surface area contributed by atoms with Gasteiger partial charge in [0.05, 0.1) is 0 Å². The monoisotopic (exact) mass is 223 g/mol. The molecule has 0 aliphatic heterocycles. The van der Waals surface area contributed by atoms with Crippen molar-refractivity contribution >= 4 is 11.9 Å². The maximum Gasteiger partial charge on any atom is 0.331 e. The molecule has 2 N–H and O–H groups in total. The number of hydrogen-bond acceptors (Lipinski definition) is 3. The second-order valence-corrected chi connectivity index (χ2v) is 4.67. The Kier molecular flexibility index (Phi) is 2.99. The first kappa shape index (κ1) is 11.2. The summed E-state index contributed by atoms with van der Waals surface area (Å²) in [4.78, 5) is 22.3. The van der Waals surface area contributed by atoms with Crippen LogP contribution in [0.3, 0.4) is 0 Å². The fraction of sp³-hybridized carbons (Fsp3) is 0.667. The van der Waals surface area contributed by atoms with Gasteiger partial charge < -0.3 is 10.5 Å². The summed E-state index contributed by atoms with van der Waals surface area (Å²) in [5.74, 6) is 0.133. The Morgan fingerprint density at radius 2 is 1.75 bits per heavy atom. The Bertz CT molecular complexity index is 326. The molecule has 2 fully saturated rings. The molecule has 2 rings (SSSR count). The van der Waals surface area contributed by atoms with Crippen molar-refractivity contribution < 1.29 is 14.3 Å².